The summed E-state index contributed by atoms with van der Waals surface area (Å²) in [6, 6.07) is 5.66. The van der Waals surface area contributed by atoms with Gasteiger partial charge in [0.25, 0.3) is 0 Å². The molecule has 0 bridgehead atoms. The molecular weight excluding hydrogens is 294 g/mol. The van der Waals surface area contributed by atoms with Crippen LogP contribution in [0.15, 0.2) is 36.9 Å². The number of nitrogens with one attached hydrogen (secondary N) is 2. The quantitative estimate of drug-likeness (QED) is 0.733. The van der Waals surface area contributed by atoms with Crippen LogP contribution >= 0.6 is 0 Å². The number of hydrogen-bond acceptors (Lipinski definition) is 6. The van der Waals surface area contributed by atoms with Crippen LogP contribution in [0.2, 0.25) is 0 Å². The zero-order valence-electron chi connectivity index (χ0n) is 12.9. The predicted octanol–water partition coefficient (Wildman–Crippen LogP) is 1.15. The Morgan fingerprint density at radius 2 is 2.13 bits per heavy atom. The van der Waals surface area contributed by atoms with Crippen LogP contribution in [0.3, 0.4) is 0 Å². The molecule has 0 saturated heterocycles. The van der Waals surface area contributed by atoms with Gasteiger partial charge in [-0.05, 0) is 26.0 Å². The molecule has 0 fully saturated rings. The maximum absolute atomic E-state index is 11.7. The highest BCUT2D eigenvalue weighted by Gasteiger charge is 2.12. The van der Waals surface area contributed by atoms with Gasteiger partial charge in [-0.1, -0.05) is 6.07 Å². The lowest BCUT2D eigenvalue weighted by atomic mass is 10.3. The van der Waals surface area contributed by atoms with E-state index in [-0.39, 0.29) is 18.5 Å². The van der Waals surface area contributed by atoms with Crippen LogP contribution in [-0.4, -0.2) is 43.2 Å². The van der Waals surface area contributed by atoms with Gasteiger partial charge in [-0.2, -0.15) is 9.78 Å². The third-order valence-electron chi connectivity index (χ3n) is 3.10. The van der Waals surface area contributed by atoms with E-state index in [4.69, 9.17) is 0 Å². The summed E-state index contributed by atoms with van der Waals surface area (Å²) in [7, 11) is 0. The van der Waals surface area contributed by atoms with Gasteiger partial charge in [-0.3, -0.25) is 4.79 Å². The van der Waals surface area contributed by atoms with Gasteiger partial charge in [0, 0.05) is 12.2 Å². The van der Waals surface area contributed by atoms with Crippen LogP contribution in [0.1, 0.15) is 13.8 Å². The molecule has 3 rings (SSSR count). The number of amides is 1. The largest absolute Gasteiger partial charge is 0.360 e. The van der Waals surface area contributed by atoms with Gasteiger partial charge >= 0.3 is 0 Å². The van der Waals surface area contributed by atoms with Crippen molar-refractivity contribution in [1.29, 1.82) is 0 Å². The molecule has 23 heavy (non-hydrogen) atoms. The fraction of sp³-hybridized carbons (Fsp3) is 0.267. The van der Waals surface area contributed by atoms with E-state index in [0.29, 0.717) is 17.3 Å². The van der Waals surface area contributed by atoms with Crippen LogP contribution in [-0.2, 0) is 4.79 Å². The minimum absolute atomic E-state index is 0.0936. The Kier molecular flexibility index (Phi) is 4.13. The fourth-order valence-corrected chi connectivity index (χ4v) is 2.17. The number of anilines is 1. The second-order valence-electron chi connectivity index (χ2n) is 5.28. The number of carbonyl (C=O) groups is 1. The summed E-state index contributed by atoms with van der Waals surface area (Å²) in [6.45, 7) is 3.97. The molecule has 0 spiro atoms. The van der Waals surface area contributed by atoms with Crippen molar-refractivity contribution in [3.8, 4) is 5.82 Å². The molecular formula is C15H17N7O. The van der Waals surface area contributed by atoms with Crippen LogP contribution in [0, 0.1) is 0 Å². The van der Waals surface area contributed by atoms with Crippen molar-refractivity contribution in [1.82, 2.24) is 30.0 Å². The summed E-state index contributed by atoms with van der Waals surface area (Å²) in [5.41, 5.74) is 0.630. The van der Waals surface area contributed by atoms with E-state index in [0.717, 1.165) is 5.39 Å². The van der Waals surface area contributed by atoms with Crippen molar-refractivity contribution in [2.75, 3.05) is 11.9 Å². The molecule has 3 aromatic heterocycles. The molecule has 0 aliphatic rings. The molecule has 1 amide bonds. The van der Waals surface area contributed by atoms with Crippen molar-refractivity contribution >= 4 is 22.8 Å². The standard InChI is InChI=1S/C15H17N7O/c1-10(2)21-13(23)8-17-14-11-7-20-22(15(11)19-9-18-14)12-5-3-4-6-16-12/h3-7,9-10H,8H2,1-2H3,(H,21,23)(H,17,18,19). The van der Waals surface area contributed by atoms with Gasteiger partial charge in [0.05, 0.1) is 18.1 Å². The van der Waals surface area contributed by atoms with Gasteiger partial charge in [0.2, 0.25) is 5.91 Å². The highest BCUT2D eigenvalue weighted by atomic mass is 16.1. The molecule has 118 valence electrons. The summed E-state index contributed by atoms with van der Waals surface area (Å²) in [4.78, 5) is 24.5. The number of hydrogen-bond donors (Lipinski definition) is 2. The maximum Gasteiger partial charge on any atom is 0.239 e. The number of nitrogens with zero attached hydrogens (tertiary/aromatic N) is 5. The van der Waals surface area contributed by atoms with Crippen LogP contribution < -0.4 is 10.6 Å². The van der Waals surface area contributed by atoms with E-state index in [1.54, 1.807) is 17.1 Å². The van der Waals surface area contributed by atoms with Gasteiger partial charge in [0.15, 0.2) is 11.5 Å². The first-order valence-electron chi connectivity index (χ1n) is 7.28. The zero-order valence-corrected chi connectivity index (χ0v) is 12.9. The molecule has 8 heteroatoms. The first-order chi connectivity index (χ1) is 11.1. The van der Waals surface area contributed by atoms with E-state index < -0.39 is 0 Å². The lowest BCUT2D eigenvalue weighted by molar-refractivity contribution is -0.119. The minimum atomic E-state index is -0.0936. The zero-order chi connectivity index (χ0) is 16.2. The maximum atomic E-state index is 11.7. The Labute approximate surface area is 133 Å². The average Bonchev–Trinajstić information content (AvgIpc) is 2.97. The number of pyridine rings is 1. The SMILES string of the molecule is CC(C)NC(=O)CNc1ncnc2c1cnn2-c1ccccn1. The first-order valence-corrected chi connectivity index (χ1v) is 7.28. The van der Waals surface area contributed by atoms with Crippen molar-refractivity contribution in [2.45, 2.75) is 19.9 Å². The van der Waals surface area contributed by atoms with E-state index in [1.807, 2.05) is 32.0 Å². The van der Waals surface area contributed by atoms with Crippen molar-refractivity contribution in [3.05, 3.63) is 36.9 Å². The van der Waals surface area contributed by atoms with Gasteiger partial charge in [0.1, 0.15) is 12.1 Å². The Bertz CT molecular complexity index is 813. The number of aromatic nitrogens is 5. The second kappa shape index (κ2) is 6.39. The Morgan fingerprint density at radius 3 is 2.87 bits per heavy atom. The average molecular weight is 311 g/mol. The summed E-state index contributed by atoms with van der Waals surface area (Å²) in [5.74, 6) is 1.14. The van der Waals surface area contributed by atoms with Crippen LogP contribution in [0.5, 0.6) is 0 Å². The molecule has 3 heterocycles. The monoisotopic (exact) mass is 311 g/mol. The minimum Gasteiger partial charge on any atom is -0.360 e. The Morgan fingerprint density at radius 1 is 1.26 bits per heavy atom. The van der Waals surface area contributed by atoms with Crippen molar-refractivity contribution in [2.24, 2.45) is 0 Å². The highest BCUT2D eigenvalue weighted by Crippen LogP contribution is 2.20. The molecule has 0 unspecified atom stereocenters. The molecule has 8 nitrogen and oxygen atoms in total. The molecule has 0 atom stereocenters. The molecule has 0 radical (unpaired) electrons. The van der Waals surface area contributed by atoms with E-state index in [9.17, 15) is 4.79 Å². The number of fused-ring (bicyclic) bond motifs is 1. The molecule has 0 aromatic carbocycles. The summed E-state index contributed by atoms with van der Waals surface area (Å²) < 4.78 is 1.64. The fourth-order valence-electron chi connectivity index (χ4n) is 2.17. The molecule has 0 aliphatic carbocycles. The van der Waals surface area contributed by atoms with Gasteiger partial charge in [-0.15, -0.1) is 0 Å². The topological polar surface area (TPSA) is 97.6 Å². The summed E-state index contributed by atoms with van der Waals surface area (Å²) in [5, 5.41) is 10.9. The Hall–Kier alpha value is -3.03. The van der Waals surface area contributed by atoms with Crippen LogP contribution in [0.25, 0.3) is 16.9 Å². The van der Waals surface area contributed by atoms with Crippen molar-refractivity contribution in [3.63, 3.8) is 0 Å². The predicted molar refractivity (Wildman–Crippen MR) is 86.2 cm³/mol. The summed E-state index contributed by atoms with van der Waals surface area (Å²) in [6.07, 6.45) is 4.79. The summed E-state index contributed by atoms with van der Waals surface area (Å²) >= 11 is 0. The first kappa shape index (κ1) is 14.9. The van der Waals surface area contributed by atoms with E-state index in [1.165, 1.54) is 6.33 Å². The van der Waals surface area contributed by atoms with Crippen molar-refractivity contribution < 1.29 is 4.79 Å². The van der Waals surface area contributed by atoms with Gasteiger partial charge in [-0.25, -0.2) is 15.0 Å². The lowest BCUT2D eigenvalue weighted by Crippen LogP contribution is -2.35. The number of carbonyl (C=O) groups excluding carboxylic acids is 1. The second-order valence-corrected chi connectivity index (χ2v) is 5.28. The number of rotatable bonds is 5. The third kappa shape index (κ3) is 3.25. The van der Waals surface area contributed by atoms with Crippen LogP contribution in [0.4, 0.5) is 5.82 Å². The lowest BCUT2D eigenvalue weighted by Gasteiger charge is -2.09. The van der Waals surface area contributed by atoms with E-state index >= 15 is 0 Å². The third-order valence-corrected chi connectivity index (χ3v) is 3.10. The smallest absolute Gasteiger partial charge is 0.239 e. The molecule has 2 N–H and O–H groups in total. The van der Waals surface area contributed by atoms with E-state index in [2.05, 4.69) is 30.7 Å². The normalized spacial score (nSPS) is 10.9. The van der Waals surface area contributed by atoms with Gasteiger partial charge < -0.3 is 10.6 Å². The molecule has 0 aliphatic heterocycles. The Balaban J connectivity index is 1.86. The highest BCUT2D eigenvalue weighted by molar-refractivity contribution is 5.89. The molecule has 0 saturated carbocycles. The molecule has 3 aromatic rings.